The van der Waals surface area contributed by atoms with Gasteiger partial charge in [-0.3, -0.25) is 9.63 Å². The third-order valence-corrected chi connectivity index (χ3v) is 1.35. The lowest BCUT2D eigenvalue weighted by Gasteiger charge is -2.19. The van der Waals surface area contributed by atoms with Crippen LogP contribution in [0.15, 0.2) is 0 Å². The highest BCUT2D eigenvalue weighted by atomic mass is 16.7. The van der Waals surface area contributed by atoms with Gasteiger partial charge in [0.05, 0.1) is 0 Å². The molecule has 96 valence electrons. The summed E-state index contributed by atoms with van der Waals surface area (Å²) in [6, 6.07) is 0. The molecule has 17 heavy (non-hydrogen) atoms. The lowest BCUT2D eigenvalue weighted by Crippen LogP contribution is -2.36. The molecule has 2 N–H and O–H groups in total. The van der Waals surface area contributed by atoms with E-state index in [4.69, 9.17) is 11.2 Å². The Morgan fingerprint density at radius 1 is 1.35 bits per heavy atom. The lowest BCUT2D eigenvalue weighted by atomic mass is 10.2. The van der Waals surface area contributed by atoms with Crippen LogP contribution in [0.1, 0.15) is 27.2 Å². The maximum Gasteiger partial charge on any atom is 0.431 e. The van der Waals surface area contributed by atoms with E-state index in [1.807, 2.05) is 5.48 Å². The molecule has 0 aliphatic heterocycles. The van der Waals surface area contributed by atoms with Crippen LogP contribution in [0.25, 0.3) is 0 Å². The summed E-state index contributed by atoms with van der Waals surface area (Å²) in [5.74, 6) is 2.01. The number of amides is 2. The smallest absolute Gasteiger partial charge is 0.431 e. The van der Waals surface area contributed by atoms with Crippen molar-refractivity contribution in [3.8, 4) is 12.3 Å². The molecule has 0 spiro atoms. The molecular weight excluding hydrogens is 224 g/mol. The molecule has 0 saturated heterocycles. The van der Waals surface area contributed by atoms with Gasteiger partial charge in [-0.2, -0.15) is 5.48 Å². The SMILES string of the molecule is C#CCCNC(=O)CONC(=O)OC(C)(C)C. The lowest BCUT2D eigenvalue weighted by molar-refractivity contribution is -0.128. The number of carbonyl (C=O) groups excluding carboxylic acids is 2. The number of terminal acetylenes is 1. The summed E-state index contributed by atoms with van der Waals surface area (Å²) >= 11 is 0. The maximum absolute atomic E-state index is 11.1. The zero-order chi connectivity index (χ0) is 13.3. The van der Waals surface area contributed by atoms with Crippen LogP contribution in [-0.4, -0.2) is 30.8 Å². The van der Waals surface area contributed by atoms with Gasteiger partial charge in [-0.1, -0.05) is 0 Å². The number of hydrogen-bond donors (Lipinski definition) is 2. The van der Waals surface area contributed by atoms with Crippen molar-refractivity contribution in [2.75, 3.05) is 13.2 Å². The summed E-state index contributed by atoms with van der Waals surface area (Å²) < 4.78 is 4.88. The molecule has 2 amide bonds. The third kappa shape index (κ3) is 10.5. The monoisotopic (exact) mass is 242 g/mol. The summed E-state index contributed by atoms with van der Waals surface area (Å²) in [6.45, 7) is 5.26. The van der Waals surface area contributed by atoms with Crippen LogP contribution >= 0.6 is 0 Å². The van der Waals surface area contributed by atoms with Crippen molar-refractivity contribution in [3.63, 3.8) is 0 Å². The summed E-state index contributed by atoms with van der Waals surface area (Å²) in [7, 11) is 0. The molecule has 6 heteroatoms. The Balaban J connectivity index is 3.60. The second-order valence-corrected chi connectivity index (χ2v) is 4.20. The minimum atomic E-state index is -0.742. The van der Waals surface area contributed by atoms with Gasteiger partial charge in [0.15, 0.2) is 6.61 Å². The van der Waals surface area contributed by atoms with E-state index in [1.165, 1.54) is 0 Å². The average molecular weight is 242 g/mol. The van der Waals surface area contributed by atoms with Crippen LogP contribution < -0.4 is 10.8 Å². The summed E-state index contributed by atoms with van der Waals surface area (Å²) in [6.07, 6.45) is 4.72. The molecule has 0 radical (unpaired) electrons. The molecule has 0 aliphatic carbocycles. The number of ether oxygens (including phenoxy) is 1. The van der Waals surface area contributed by atoms with Gasteiger partial charge in [0.2, 0.25) is 5.91 Å². The van der Waals surface area contributed by atoms with Gasteiger partial charge in [-0.05, 0) is 20.8 Å². The molecule has 0 rings (SSSR count). The van der Waals surface area contributed by atoms with Crippen molar-refractivity contribution in [1.82, 2.24) is 10.8 Å². The number of hydrogen-bond acceptors (Lipinski definition) is 4. The first-order valence-electron chi connectivity index (χ1n) is 5.16. The van der Waals surface area contributed by atoms with E-state index in [1.54, 1.807) is 20.8 Å². The van der Waals surface area contributed by atoms with Crippen molar-refractivity contribution >= 4 is 12.0 Å². The van der Waals surface area contributed by atoms with Crippen molar-refractivity contribution < 1.29 is 19.2 Å². The Hall–Kier alpha value is -1.74. The quantitative estimate of drug-likeness (QED) is 0.420. The normalized spacial score (nSPS) is 10.2. The Morgan fingerprint density at radius 3 is 2.53 bits per heavy atom. The average Bonchev–Trinajstić information content (AvgIpc) is 2.15. The summed E-state index contributed by atoms with van der Waals surface area (Å²) in [4.78, 5) is 26.8. The van der Waals surface area contributed by atoms with E-state index >= 15 is 0 Å². The molecule has 0 aromatic rings. The maximum atomic E-state index is 11.1. The van der Waals surface area contributed by atoms with Crippen molar-refractivity contribution in [2.45, 2.75) is 32.8 Å². The van der Waals surface area contributed by atoms with E-state index in [9.17, 15) is 9.59 Å². The minimum absolute atomic E-state index is 0.288. The van der Waals surface area contributed by atoms with E-state index in [0.29, 0.717) is 13.0 Å². The molecule has 0 unspecified atom stereocenters. The zero-order valence-corrected chi connectivity index (χ0v) is 10.3. The largest absolute Gasteiger partial charge is 0.442 e. The third-order valence-electron chi connectivity index (χ3n) is 1.35. The summed E-state index contributed by atoms with van der Waals surface area (Å²) in [5.41, 5.74) is 1.39. The first-order valence-corrected chi connectivity index (χ1v) is 5.16. The fourth-order valence-corrected chi connectivity index (χ4v) is 0.785. The summed E-state index contributed by atoms with van der Waals surface area (Å²) in [5, 5.41) is 2.51. The fourth-order valence-electron chi connectivity index (χ4n) is 0.785. The Morgan fingerprint density at radius 2 is 2.00 bits per heavy atom. The van der Waals surface area contributed by atoms with Crippen LogP contribution in [0.2, 0.25) is 0 Å². The van der Waals surface area contributed by atoms with Gasteiger partial charge in [0, 0.05) is 13.0 Å². The van der Waals surface area contributed by atoms with E-state index in [0.717, 1.165) is 0 Å². The Kier molecular flexibility index (Phi) is 6.75. The number of hydroxylamine groups is 1. The first kappa shape index (κ1) is 15.3. The Bertz CT molecular complexity index is 302. The van der Waals surface area contributed by atoms with E-state index in [2.05, 4.69) is 16.1 Å². The highest BCUT2D eigenvalue weighted by molar-refractivity contribution is 5.77. The molecule has 0 aromatic carbocycles. The zero-order valence-electron chi connectivity index (χ0n) is 10.3. The van der Waals surface area contributed by atoms with Gasteiger partial charge in [0.25, 0.3) is 0 Å². The fraction of sp³-hybridized carbons (Fsp3) is 0.636. The molecule has 6 nitrogen and oxygen atoms in total. The van der Waals surface area contributed by atoms with E-state index < -0.39 is 11.7 Å². The van der Waals surface area contributed by atoms with Crippen LogP contribution in [0, 0.1) is 12.3 Å². The highest BCUT2D eigenvalue weighted by Gasteiger charge is 2.16. The van der Waals surface area contributed by atoms with Crippen LogP contribution in [-0.2, 0) is 14.4 Å². The second kappa shape index (κ2) is 7.52. The molecule has 0 heterocycles. The molecule has 0 aliphatic rings. The van der Waals surface area contributed by atoms with Crippen molar-refractivity contribution in [2.24, 2.45) is 0 Å². The topological polar surface area (TPSA) is 76.7 Å². The molecule has 0 bridgehead atoms. The van der Waals surface area contributed by atoms with Gasteiger partial charge < -0.3 is 10.1 Å². The van der Waals surface area contributed by atoms with Crippen molar-refractivity contribution in [1.29, 1.82) is 0 Å². The minimum Gasteiger partial charge on any atom is -0.442 e. The number of nitrogens with one attached hydrogen (secondary N) is 2. The second-order valence-electron chi connectivity index (χ2n) is 4.20. The van der Waals surface area contributed by atoms with Gasteiger partial charge >= 0.3 is 6.09 Å². The van der Waals surface area contributed by atoms with Crippen LogP contribution in [0.3, 0.4) is 0 Å². The predicted octanol–water partition coefficient (Wildman–Crippen LogP) is 0.582. The number of carbonyl (C=O) groups is 2. The Labute approximate surface area is 101 Å². The van der Waals surface area contributed by atoms with Gasteiger partial charge in [0.1, 0.15) is 5.60 Å². The van der Waals surface area contributed by atoms with E-state index in [-0.39, 0.29) is 12.5 Å². The van der Waals surface area contributed by atoms with Crippen LogP contribution in [0.5, 0.6) is 0 Å². The first-order chi connectivity index (χ1) is 7.85. The molecule has 0 saturated carbocycles. The molecule has 0 atom stereocenters. The molecule has 0 aromatic heterocycles. The van der Waals surface area contributed by atoms with Crippen molar-refractivity contribution in [3.05, 3.63) is 0 Å². The predicted molar refractivity (Wildman–Crippen MR) is 61.8 cm³/mol. The standard InChI is InChI=1S/C11H18N2O4/c1-5-6-7-12-9(14)8-16-13-10(15)17-11(2,3)4/h1H,6-8H2,2-4H3,(H,12,14)(H,13,15). The van der Waals surface area contributed by atoms with Crippen LogP contribution in [0.4, 0.5) is 4.79 Å². The molecular formula is C11H18N2O4. The molecule has 0 fully saturated rings. The van der Waals surface area contributed by atoms with Gasteiger partial charge in [-0.25, -0.2) is 4.79 Å². The number of rotatable bonds is 5. The van der Waals surface area contributed by atoms with Gasteiger partial charge in [-0.15, -0.1) is 12.3 Å². The highest BCUT2D eigenvalue weighted by Crippen LogP contribution is 2.06.